The van der Waals surface area contributed by atoms with Gasteiger partial charge in [-0.2, -0.15) is 0 Å². The zero-order chi connectivity index (χ0) is 22.9. The van der Waals surface area contributed by atoms with Gasteiger partial charge in [0, 0.05) is 4.90 Å². The summed E-state index contributed by atoms with van der Waals surface area (Å²) in [4.78, 5) is 1.28. The Kier molecular flexibility index (Phi) is 5.41. The Morgan fingerprint density at radius 2 is 0.706 bits per heavy atom. The number of rotatable bonds is 4. The molecule has 0 radical (unpaired) electrons. The molecular formula is C33H24S. The summed E-state index contributed by atoms with van der Waals surface area (Å²) in [6, 6.07) is 46.2. The van der Waals surface area contributed by atoms with E-state index in [2.05, 4.69) is 134 Å². The van der Waals surface area contributed by atoms with Gasteiger partial charge >= 0.3 is 0 Å². The summed E-state index contributed by atoms with van der Waals surface area (Å²) in [5, 5.41) is 5.16. The molecule has 0 spiro atoms. The highest BCUT2D eigenvalue weighted by Gasteiger charge is 2.16. The van der Waals surface area contributed by atoms with Gasteiger partial charge in [-0.1, -0.05) is 115 Å². The molecule has 0 atom stereocenters. The molecule has 6 aromatic rings. The highest BCUT2D eigenvalue weighted by Crippen LogP contribution is 2.43. The summed E-state index contributed by atoms with van der Waals surface area (Å²) in [7, 11) is 0. The lowest BCUT2D eigenvalue weighted by Crippen LogP contribution is -1.91. The highest BCUT2D eigenvalue weighted by atomic mass is 32.2. The van der Waals surface area contributed by atoms with E-state index in [-0.39, 0.29) is 0 Å². The fourth-order valence-corrected chi connectivity index (χ4v) is 5.38. The van der Waals surface area contributed by atoms with Crippen molar-refractivity contribution in [2.45, 2.75) is 4.90 Å². The third-order valence-electron chi connectivity index (χ3n) is 6.59. The van der Waals surface area contributed by atoms with Crippen LogP contribution in [-0.2, 0) is 0 Å². The second-order valence-electron chi connectivity index (χ2n) is 8.51. The van der Waals surface area contributed by atoms with Crippen LogP contribution in [0.5, 0.6) is 0 Å². The average molecular weight is 453 g/mol. The van der Waals surface area contributed by atoms with Crippen LogP contribution in [0.2, 0.25) is 0 Å². The van der Waals surface area contributed by atoms with Crippen LogP contribution < -0.4 is 0 Å². The molecule has 0 nitrogen and oxygen atoms in total. The Bertz CT molecular complexity index is 1540. The van der Waals surface area contributed by atoms with Gasteiger partial charge in [0.25, 0.3) is 0 Å². The van der Waals surface area contributed by atoms with Gasteiger partial charge in [-0.3, -0.25) is 0 Å². The van der Waals surface area contributed by atoms with E-state index < -0.39 is 0 Å². The van der Waals surface area contributed by atoms with E-state index in [4.69, 9.17) is 0 Å². The SMILES string of the molecule is CSc1ccc(-c2c3ccccc3c(-c3ccc(-c4ccccc4)cc3)c3ccccc23)cc1. The molecule has 0 aromatic heterocycles. The normalized spacial score (nSPS) is 11.2. The standard InChI is InChI=1S/C33H24S/c1-34-27-21-19-26(20-22-27)33-30-13-7-5-11-28(30)32(29-12-6-8-14-31(29)33)25-17-15-24(16-18-25)23-9-3-2-4-10-23/h2-22H,1H3. The van der Waals surface area contributed by atoms with E-state index in [1.54, 1.807) is 11.8 Å². The topological polar surface area (TPSA) is 0 Å². The van der Waals surface area contributed by atoms with Crippen molar-refractivity contribution in [2.75, 3.05) is 6.26 Å². The molecule has 0 N–H and O–H groups in total. The minimum absolute atomic E-state index is 1.24. The van der Waals surface area contributed by atoms with Crippen molar-refractivity contribution < 1.29 is 0 Å². The molecule has 6 rings (SSSR count). The van der Waals surface area contributed by atoms with Gasteiger partial charge in [0.1, 0.15) is 0 Å². The number of hydrogen-bond donors (Lipinski definition) is 0. The maximum Gasteiger partial charge on any atom is 0.00695 e. The first-order valence-electron chi connectivity index (χ1n) is 11.6. The van der Waals surface area contributed by atoms with Crippen molar-refractivity contribution in [2.24, 2.45) is 0 Å². The summed E-state index contributed by atoms with van der Waals surface area (Å²) in [6.45, 7) is 0. The quantitative estimate of drug-likeness (QED) is 0.189. The van der Waals surface area contributed by atoms with Crippen LogP contribution in [0.3, 0.4) is 0 Å². The predicted molar refractivity (Wildman–Crippen MR) is 150 cm³/mol. The van der Waals surface area contributed by atoms with E-state index >= 15 is 0 Å². The van der Waals surface area contributed by atoms with Crippen LogP contribution in [0, 0.1) is 0 Å². The van der Waals surface area contributed by atoms with E-state index in [9.17, 15) is 0 Å². The molecule has 0 aliphatic heterocycles. The second-order valence-corrected chi connectivity index (χ2v) is 9.39. The van der Waals surface area contributed by atoms with Crippen LogP contribution in [0.25, 0.3) is 54.9 Å². The van der Waals surface area contributed by atoms with E-state index in [1.165, 1.54) is 59.8 Å². The minimum atomic E-state index is 1.24. The Labute approximate surface area is 204 Å². The van der Waals surface area contributed by atoms with Crippen molar-refractivity contribution in [3.05, 3.63) is 127 Å². The summed E-state index contributed by atoms with van der Waals surface area (Å²) in [5.74, 6) is 0. The lowest BCUT2D eigenvalue weighted by atomic mass is 9.86. The van der Waals surface area contributed by atoms with Crippen LogP contribution in [0.15, 0.2) is 132 Å². The maximum absolute atomic E-state index is 2.27. The van der Waals surface area contributed by atoms with Crippen molar-refractivity contribution in [1.82, 2.24) is 0 Å². The van der Waals surface area contributed by atoms with Crippen LogP contribution in [0.4, 0.5) is 0 Å². The van der Waals surface area contributed by atoms with Crippen LogP contribution in [-0.4, -0.2) is 6.26 Å². The molecule has 162 valence electrons. The molecule has 0 heterocycles. The predicted octanol–water partition coefficient (Wildman–Crippen LogP) is 9.72. The smallest absolute Gasteiger partial charge is 0.00695 e. The van der Waals surface area contributed by atoms with Crippen molar-refractivity contribution in [3.63, 3.8) is 0 Å². The monoisotopic (exact) mass is 452 g/mol. The summed E-state index contributed by atoms with van der Waals surface area (Å²) < 4.78 is 0. The lowest BCUT2D eigenvalue weighted by molar-refractivity contribution is 1.47. The van der Waals surface area contributed by atoms with Crippen LogP contribution >= 0.6 is 11.8 Å². The summed E-state index contributed by atoms with van der Waals surface area (Å²) in [5.41, 5.74) is 7.60. The molecule has 0 saturated carbocycles. The third kappa shape index (κ3) is 3.59. The zero-order valence-corrected chi connectivity index (χ0v) is 19.8. The lowest BCUT2D eigenvalue weighted by Gasteiger charge is -2.18. The molecule has 34 heavy (non-hydrogen) atoms. The molecule has 0 aliphatic carbocycles. The van der Waals surface area contributed by atoms with Gasteiger partial charge in [0.2, 0.25) is 0 Å². The van der Waals surface area contributed by atoms with E-state index in [0.29, 0.717) is 0 Å². The Morgan fingerprint density at radius 3 is 1.15 bits per heavy atom. The number of hydrogen-bond acceptors (Lipinski definition) is 1. The fourth-order valence-electron chi connectivity index (χ4n) is 4.97. The zero-order valence-electron chi connectivity index (χ0n) is 19.0. The molecule has 0 unspecified atom stereocenters. The number of fused-ring (bicyclic) bond motifs is 2. The van der Waals surface area contributed by atoms with Gasteiger partial charge in [0.05, 0.1) is 0 Å². The molecule has 0 saturated heterocycles. The van der Waals surface area contributed by atoms with Crippen molar-refractivity contribution in [1.29, 1.82) is 0 Å². The molecule has 0 bridgehead atoms. The first kappa shape index (κ1) is 20.8. The Hall–Kier alpha value is -3.81. The first-order chi connectivity index (χ1) is 16.8. The second kappa shape index (κ2) is 8.85. The van der Waals surface area contributed by atoms with Crippen molar-refractivity contribution >= 4 is 33.3 Å². The molecule has 1 heteroatoms. The van der Waals surface area contributed by atoms with Crippen LogP contribution in [0.1, 0.15) is 0 Å². The number of thioether (sulfide) groups is 1. The minimum Gasteiger partial charge on any atom is -0.130 e. The Morgan fingerprint density at radius 1 is 0.353 bits per heavy atom. The van der Waals surface area contributed by atoms with E-state index in [0.717, 1.165) is 0 Å². The van der Waals surface area contributed by atoms with Gasteiger partial charge in [-0.15, -0.1) is 11.8 Å². The van der Waals surface area contributed by atoms with Gasteiger partial charge in [-0.05, 0) is 73.3 Å². The van der Waals surface area contributed by atoms with Gasteiger partial charge < -0.3 is 0 Å². The molecule has 6 aromatic carbocycles. The third-order valence-corrected chi connectivity index (χ3v) is 7.33. The van der Waals surface area contributed by atoms with E-state index in [1.807, 2.05) is 0 Å². The fraction of sp³-hybridized carbons (Fsp3) is 0.0303. The number of benzene rings is 6. The maximum atomic E-state index is 2.27. The Balaban J connectivity index is 1.61. The first-order valence-corrected chi connectivity index (χ1v) is 12.8. The highest BCUT2D eigenvalue weighted by molar-refractivity contribution is 7.98. The van der Waals surface area contributed by atoms with Gasteiger partial charge in [-0.25, -0.2) is 0 Å². The largest absolute Gasteiger partial charge is 0.130 e. The molecule has 0 fully saturated rings. The molecule has 0 aliphatic rings. The van der Waals surface area contributed by atoms with Gasteiger partial charge in [0.15, 0.2) is 0 Å². The summed E-state index contributed by atoms with van der Waals surface area (Å²) >= 11 is 1.78. The average Bonchev–Trinajstić information content (AvgIpc) is 2.92. The summed E-state index contributed by atoms with van der Waals surface area (Å²) in [6.07, 6.45) is 2.12. The molecule has 0 amide bonds. The van der Waals surface area contributed by atoms with Crippen molar-refractivity contribution in [3.8, 4) is 33.4 Å². The molecular weight excluding hydrogens is 428 g/mol.